The fraction of sp³-hybridized carbons (Fsp3) is 0.458. The molecule has 1 heterocycles. The van der Waals surface area contributed by atoms with Crippen molar-refractivity contribution in [3.63, 3.8) is 0 Å². The van der Waals surface area contributed by atoms with Crippen molar-refractivity contribution < 1.29 is 0 Å². The van der Waals surface area contributed by atoms with Gasteiger partial charge >= 0.3 is 0 Å². The fourth-order valence-corrected chi connectivity index (χ4v) is 3.63. The van der Waals surface area contributed by atoms with Crippen LogP contribution in [-0.2, 0) is 0 Å². The summed E-state index contributed by atoms with van der Waals surface area (Å²) >= 11 is 3.59. The number of para-hydroxylation sites is 1. The molecule has 0 unspecified atom stereocenters. The summed E-state index contributed by atoms with van der Waals surface area (Å²) in [5.41, 5.74) is 3.28. The van der Waals surface area contributed by atoms with Gasteiger partial charge in [0.2, 0.25) is 0 Å². The van der Waals surface area contributed by atoms with Crippen LogP contribution in [0.3, 0.4) is 0 Å². The molecule has 152 valence electrons. The molecule has 3 aromatic rings. The second kappa shape index (κ2) is 12.0. The van der Waals surface area contributed by atoms with Gasteiger partial charge in [0.15, 0.2) is 0 Å². The molecular weight excluding hydrogens is 410 g/mol. The maximum Gasteiger partial charge on any atom is 0.0731 e. The van der Waals surface area contributed by atoms with E-state index in [0.29, 0.717) is 0 Å². The quantitative estimate of drug-likeness (QED) is 0.297. The molecule has 1 aromatic heterocycles. The lowest BCUT2D eigenvalue weighted by Crippen LogP contribution is -2.24. The smallest absolute Gasteiger partial charge is 0.0731 e. The highest BCUT2D eigenvalue weighted by Crippen LogP contribution is 2.32. The van der Waals surface area contributed by atoms with E-state index in [0.717, 1.165) is 35.1 Å². The number of unbranched alkanes of at least 4 members (excludes halogenated alkanes) is 1. The van der Waals surface area contributed by atoms with Crippen LogP contribution in [-0.4, -0.2) is 36.1 Å². The van der Waals surface area contributed by atoms with Gasteiger partial charge in [0.25, 0.3) is 0 Å². The molecule has 0 saturated heterocycles. The van der Waals surface area contributed by atoms with Crippen molar-refractivity contribution in [1.29, 1.82) is 0 Å². The van der Waals surface area contributed by atoms with E-state index in [1.807, 2.05) is 6.07 Å². The second-order valence-electron chi connectivity index (χ2n) is 7.03. The zero-order valence-electron chi connectivity index (χ0n) is 17.8. The van der Waals surface area contributed by atoms with E-state index >= 15 is 0 Å². The molecule has 0 spiro atoms. The Morgan fingerprint density at radius 2 is 1.57 bits per heavy atom. The van der Waals surface area contributed by atoms with E-state index in [9.17, 15) is 0 Å². The molecule has 0 aliphatic heterocycles. The van der Waals surface area contributed by atoms with Gasteiger partial charge in [-0.2, -0.15) is 0 Å². The molecule has 28 heavy (non-hydrogen) atoms. The Morgan fingerprint density at radius 1 is 0.893 bits per heavy atom. The van der Waals surface area contributed by atoms with Crippen molar-refractivity contribution >= 4 is 43.4 Å². The highest BCUT2D eigenvalue weighted by Gasteiger charge is 2.09. The summed E-state index contributed by atoms with van der Waals surface area (Å²) in [7, 11) is 0. The van der Waals surface area contributed by atoms with Crippen LogP contribution in [0, 0.1) is 0 Å². The van der Waals surface area contributed by atoms with Gasteiger partial charge in [-0.25, -0.2) is 4.98 Å². The number of nitrogens with one attached hydrogen (secondary N) is 1. The third-order valence-corrected chi connectivity index (χ3v) is 5.23. The number of pyridine rings is 1. The number of aromatic nitrogens is 1. The van der Waals surface area contributed by atoms with Crippen LogP contribution in [0.1, 0.15) is 47.0 Å². The Labute approximate surface area is 178 Å². The summed E-state index contributed by atoms with van der Waals surface area (Å²) in [6, 6.07) is 14.7. The average Bonchev–Trinajstić information content (AvgIpc) is 2.71. The first-order valence-electron chi connectivity index (χ1n) is 10.6. The first-order valence-corrected chi connectivity index (χ1v) is 11.4. The van der Waals surface area contributed by atoms with E-state index < -0.39 is 0 Å². The Hall–Kier alpha value is -1.65. The first-order chi connectivity index (χ1) is 13.6. The summed E-state index contributed by atoms with van der Waals surface area (Å²) in [5, 5.41) is 6.06. The van der Waals surface area contributed by atoms with Crippen LogP contribution in [0.25, 0.3) is 21.8 Å². The maximum absolute atomic E-state index is 4.80. The number of hydrogen-bond acceptors (Lipinski definition) is 3. The van der Waals surface area contributed by atoms with Crippen molar-refractivity contribution in [2.75, 3.05) is 31.5 Å². The van der Waals surface area contributed by atoms with Crippen LogP contribution in [0.15, 0.2) is 46.9 Å². The molecule has 0 atom stereocenters. The third kappa shape index (κ3) is 6.18. The van der Waals surface area contributed by atoms with Gasteiger partial charge in [-0.1, -0.05) is 68.2 Å². The van der Waals surface area contributed by atoms with Crippen molar-refractivity contribution in [3.8, 4) is 0 Å². The summed E-state index contributed by atoms with van der Waals surface area (Å²) in [4.78, 5) is 7.28. The second-order valence-corrected chi connectivity index (χ2v) is 7.95. The van der Waals surface area contributed by atoms with Gasteiger partial charge in [-0.3, -0.25) is 0 Å². The van der Waals surface area contributed by atoms with E-state index in [-0.39, 0.29) is 0 Å². The molecule has 0 amide bonds. The minimum Gasteiger partial charge on any atom is -0.384 e. The van der Waals surface area contributed by atoms with Crippen molar-refractivity contribution in [1.82, 2.24) is 9.88 Å². The molecule has 0 bridgehead atoms. The van der Waals surface area contributed by atoms with E-state index in [4.69, 9.17) is 4.98 Å². The molecule has 3 nitrogen and oxygen atoms in total. The zero-order valence-corrected chi connectivity index (χ0v) is 19.3. The lowest BCUT2D eigenvalue weighted by atomic mass is 10.1. The average molecular weight is 444 g/mol. The number of benzene rings is 2. The normalized spacial score (nSPS) is 10.9. The van der Waals surface area contributed by atoms with Crippen LogP contribution >= 0.6 is 15.9 Å². The molecule has 0 fully saturated rings. The van der Waals surface area contributed by atoms with Gasteiger partial charge < -0.3 is 10.2 Å². The molecule has 4 heteroatoms. The van der Waals surface area contributed by atoms with Crippen LogP contribution in [0.4, 0.5) is 5.69 Å². The number of halogens is 1. The standard InChI is InChI=1S/C21H26BrN3.C3H8/c1-3-25(4-2)14-8-7-13-23-21-17-9-5-6-10-19(17)24-20-12-11-16(22)15-18(20)21;1-3-2/h5-6,9-12,15H,3-4,7-8,13-14H2,1-2H3,(H,23,24);3H2,1-2H3. The predicted molar refractivity (Wildman–Crippen MR) is 128 cm³/mol. The third-order valence-electron chi connectivity index (χ3n) is 4.74. The maximum atomic E-state index is 4.80. The van der Waals surface area contributed by atoms with Crippen LogP contribution in [0.5, 0.6) is 0 Å². The summed E-state index contributed by atoms with van der Waals surface area (Å²) in [6.07, 6.45) is 3.64. The molecule has 1 N–H and O–H groups in total. The fourth-order valence-electron chi connectivity index (χ4n) is 3.27. The zero-order chi connectivity index (χ0) is 20.4. The summed E-state index contributed by atoms with van der Waals surface area (Å²) in [6.45, 7) is 13.1. The Bertz CT molecular complexity index is 859. The van der Waals surface area contributed by atoms with Gasteiger partial charge in [0.05, 0.1) is 16.7 Å². The Kier molecular flexibility index (Phi) is 9.72. The number of anilines is 1. The highest BCUT2D eigenvalue weighted by molar-refractivity contribution is 9.10. The topological polar surface area (TPSA) is 28.2 Å². The molecule has 2 aromatic carbocycles. The SMILES string of the molecule is CCC.CCN(CC)CCCCNc1c2ccccc2nc2ccc(Br)cc12. The van der Waals surface area contributed by atoms with E-state index in [1.165, 1.54) is 42.3 Å². The molecule has 0 saturated carbocycles. The molecular formula is C24H34BrN3. The molecule has 0 radical (unpaired) electrons. The molecule has 3 rings (SSSR count). The largest absolute Gasteiger partial charge is 0.384 e. The monoisotopic (exact) mass is 443 g/mol. The van der Waals surface area contributed by atoms with Gasteiger partial charge in [0, 0.05) is 21.8 Å². The van der Waals surface area contributed by atoms with Crippen molar-refractivity contribution in [3.05, 3.63) is 46.9 Å². The molecule has 0 aliphatic carbocycles. The lowest BCUT2D eigenvalue weighted by Gasteiger charge is -2.18. The van der Waals surface area contributed by atoms with Crippen LogP contribution < -0.4 is 5.32 Å². The number of nitrogens with zero attached hydrogens (tertiary/aromatic N) is 2. The van der Waals surface area contributed by atoms with Crippen molar-refractivity contribution in [2.24, 2.45) is 0 Å². The molecule has 0 aliphatic rings. The predicted octanol–water partition coefficient (Wildman–Crippen LogP) is 7.10. The van der Waals surface area contributed by atoms with Gasteiger partial charge in [0.1, 0.15) is 0 Å². The summed E-state index contributed by atoms with van der Waals surface area (Å²) < 4.78 is 1.08. The van der Waals surface area contributed by atoms with Gasteiger partial charge in [-0.15, -0.1) is 0 Å². The lowest BCUT2D eigenvalue weighted by molar-refractivity contribution is 0.298. The number of hydrogen-bond donors (Lipinski definition) is 1. The van der Waals surface area contributed by atoms with Crippen molar-refractivity contribution in [2.45, 2.75) is 47.0 Å². The minimum absolute atomic E-state index is 0.983. The van der Waals surface area contributed by atoms with Crippen LogP contribution in [0.2, 0.25) is 0 Å². The summed E-state index contributed by atoms with van der Waals surface area (Å²) in [5.74, 6) is 0. The Morgan fingerprint density at radius 3 is 2.29 bits per heavy atom. The number of rotatable bonds is 8. The van der Waals surface area contributed by atoms with E-state index in [1.54, 1.807) is 0 Å². The first kappa shape index (κ1) is 22.6. The highest BCUT2D eigenvalue weighted by atomic mass is 79.9. The van der Waals surface area contributed by atoms with E-state index in [2.05, 4.69) is 90.2 Å². The Balaban J connectivity index is 0.000000878. The number of fused-ring (bicyclic) bond motifs is 2. The van der Waals surface area contributed by atoms with Gasteiger partial charge in [-0.05, 0) is 56.7 Å². The minimum atomic E-state index is 0.983.